The van der Waals surface area contributed by atoms with Crippen LogP contribution in [-0.2, 0) is 4.79 Å². The Bertz CT molecular complexity index is 963. The molecule has 0 aromatic heterocycles. The van der Waals surface area contributed by atoms with Crippen LogP contribution in [0.2, 0.25) is 5.02 Å². The SMILES string of the molecule is O=C1COc2cc(F)c(C(=O)N3CC(COc4ccc(F)cc4Cl)C3)cc2N1. The molecule has 2 amide bonds. The molecule has 2 aliphatic rings. The van der Waals surface area contributed by atoms with E-state index < -0.39 is 17.5 Å². The topological polar surface area (TPSA) is 67.9 Å². The summed E-state index contributed by atoms with van der Waals surface area (Å²) >= 11 is 5.91. The van der Waals surface area contributed by atoms with E-state index in [4.69, 9.17) is 21.1 Å². The molecule has 4 rings (SSSR count). The summed E-state index contributed by atoms with van der Waals surface area (Å²) in [6.45, 7) is 0.880. The summed E-state index contributed by atoms with van der Waals surface area (Å²) in [6.07, 6.45) is 0. The van der Waals surface area contributed by atoms with Gasteiger partial charge >= 0.3 is 0 Å². The summed E-state index contributed by atoms with van der Waals surface area (Å²) in [5, 5.41) is 2.73. The molecule has 2 aromatic rings. The van der Waals surface area contributed by atoms with Gasteiger partial charge in [0.05, 0.1) is 22.9 Å². The Labute approximate surface area is 164 Å². The Morgan fingerprint density at radius 3 is 2.82 bits per heavy atom. The second kappa shape index (κ2) is 7.27. The lowest BCUT2D eigenvalue weighted by molar-refractivity contribution is -0.118. The number of nitrogens with one attached hydrogen (secondary N) is 1. The van der Waals surface area contributed by atoms with E-state index in [1.54, 1.807) is 0 Å². The summed E-state index contributed by atoms with van der Waals surface area (Å²) < 4.78 is 38.0. The van der Waals surface area contributed by atoms with Crippen molar-refractivity contribution in [1.82, 2.24) is 4.90 Å². The molecule has 0 spiro atoms. The lowest BCUT2D eigenvalue weighted by Gasteiger charge is -2.39. The molecule has 9 heteroatoms. The normalized spacial score (nSPS) is 16.0. The Morgan fingerprint density at radius 2 is 2.07 bits per heavy atom. The van der Waals surface area contributed by atoms with Crippen molar-refractivity contribution in [3.63, 3.8) is 0 Å². The van der Waals surface area contributed by atoms with Crippen molar-refractivity contribution in [2.45, 2.75) is 0 Å². The number of rotatable bonds is 4. The number of nitrogens with zero attached hydrogens (tertiary/aromatic N) is 1. The maximum Gasteiger partial charge on any atom is 0.262 e. The fraction of sp³-hybridized carbons (Fsp3) is 0.263. The number of carbonyl (C=O) groups excluding carboxylic acids is 2. The molecule has 0 radical (unpaired) electrons. The van der Waals surface area contributed by atoms with Gasteiger partial charge in [-0.3, -0.25) is 9.59 Å². The number of carbonyl (C=O) groups is 2. The van der Waals surface area contributed by atoms with Crippen molar-refractivity contribution < 1.29 is 27.8 Å². The molecule has 2 heterocycles. The zero-order chi connectivity index (χ0) is 19.8. The number of likely N-dealkylation sites (tertiary alicyclic amines) is 1. The van der Waals surface area contributed by atoms with E-state index in [9.17, 15) is 18.4 Å². The fourth-order valence-corrected chi connectivity index (χ4v) is 3.30. The zero-order valence-corrected chi connectivity index (χ0v) is 15.3. The molecule has 28 heavy (non-hydrogen) atoms. The van der Waals surface area contributed by atoms with Gasteiger partial charge in [0, 0.05) is 25.1 Å². The number of halogens is 3. The Kier molecular flexibility index (Phi) is 4.80. The minimum Gasteiger partial charge on any atom is -0.492 e. The summed E-state index contributed by atoms with van der Waals surface area (Å²) in [5.74, 6) is -1.39. The maximum absolute atomic E-state index is 14.3. The minimum absolute atomic E-state index is 0.0498. The Hall–Kier alpha value is -2.87. The summed E-state index contributed by atoms with van der Waals surface area (Å²) in [6, 6.07) is 6.23. The largest absolute Gasteiger partial charge is 0.492 e. The van der Waals surface area contributed by atoms with Crippen molar-refractivity contribution in [2.75, 3.05) is 31.6 Å². The molecule has 0 atom stereocenters. The first-order chi connectivity index (χ1) is 13.4. The van der Waals surface area contributed by atoms with E-state index in [2.05, 4.69) is 5.32 Å². The number of fused-ring (bicyclic) bond motifs is 1. The molecule has 1 N–H and O–H groups in total. The predicted molar refractivity (Wildman–Crippen MR) is 96.8 cm³/mol. The van der Waals surface area contributed by atoms with Gasteiger partial charge in [-0.1, -0.05) is 11.6 Å². The van der Waals surface area contributed by atoms with Crippen LogP contribution in [0.1, 0.15) is 10.4 Å². The maximum atomic E-state index is 14.3. The van der Waals surface area contributed by atoms with Crippen molar-refractivity contribution >= 4 is 29.1 Å². The highest BCUT2D eigenvalue weighted by atomic mass is 35.5. The van der Waals surface area contributed by atoms with Crippen molar-refractivity contribution in [2.24, 2.45) is 5.92 Å². The molecule has 0 unspecified atom stereocenters. The van der Waals surface area contributed by atoms with E-state index in [0.717, 1.165) is 12.1 Å². The summed E-state index contributed by atoms with van der Waals surface area (Å²) in [5.41, 5.74) is 0.137. The van der Waals surface area contributed by atoms with Gasteiger partial charge in [0.2, 0.25) is 0 Å². The minimum atomic E-state index is -0.710. The summed E-state index contributed by atoms with van der Waals surface area (Å²) in [4.78, 5) is 25.4. The van der Waals surface area contributed by atoms with Gasteiger partial charge < -0.3 is 19.7 Å². The first kappa shape index (κ1) is 18.5. The van der Waals surface area contributed by atoms with Crippen molar-refractivity contribution in [1.29, 1.82) is 0 Å². The van der Waals surface area contributed by atoms with E-state index >= 15 is 0 Å². The third kappa shape index (κ3) is 3.60. The molecule has 146 valence electrons. The number of benzene rings is 2. The average Bonchev–Trinajstić information content (AvgIpc) is 2.61. The summed E-state index contributed by atoms with van der Waals surface area (Å²) in [7, 11) is 0. The van der Waals surface area contributed by atoms with Crippen LogP contribution in [-0.4, -0.2) is 43.0 Å². The van der Waals surface area contributed by atoms with Crippen LogP contribution < -0.4 is 14.8 Å². The van der Waals surface area contributed by atoms with Gasteiger partial charge in [0.25, 0.3) is 11.8 Å². The molecule has 1 fully saturated rings. The van der Waals surface area contributed by atoms with Crippen LogP contribution in [0.15, 0.2) is 30.3 Å². The van der Waals surface area contributed by atoms with Crippen LogP contribution >= 0.6 is 11.6 Å². The molecule has 2 aromatic carbocycles. The predicted octanol–water partition coefficient (Wildman–Crippen LogP) is 3.10. The Balaban J connectivity index is 1.36. The van der Waals surface area contributed by atoms with E-state index in [1.165, 1.54) is 23.1 Å². The van der Waals surface area contributed by atoms with E-state index in [-0.39, 0.29) is 40.5 Å². The number of anilines is 1. The zero-order valence-electron chi connectivity index (χ0n) is 14.5. The number of hydrogen-bond donors (Lipinski definition) is 1. The lowest BCUT2D eigenvalue weighted by atomic mass is 9.99. The van der Waals surface area contributed by atoms with E-state index in [0.29, 0.717) is 25.4 Å². The highest BCUT2D eigenvalue weighted by molar-refractivity contribution is 6.32. The highest BCUT2D eigenvalue weighted by Gasteiger charge is 2.34. The van der Waals surface area contributed by atoms with Crippen LogP contribution in [0.5, 0.6) is 11.5 Å². The standard InChI is InChI=1S/C19H15ClF2N2O4/c20-13-3-11(21)1-2-16(13)27-8-10-6-24(7-10)19(26)12-4-15-17(5-14(12)22)28-9-18(25)23-15/h1-5,10H,6-9H2,(H,23,25). The van der Waals surface area contributed by atoms with Crippen LogP contribution in [0.25, 0.3) is 0 Å². The molecule has 0 aliphatic carbocycles. The second-order valence-corrected chi connectivity index (χ2v) is 7.03. The molecule has 0 saturated carbocycles. The van der Waals surface area contributed by atoms with Gasteiger partial charge in [-0.05, 0) is 24.3 Å². The van der Waals surface area contributed by atoms with Crippen LogP contribution in [0, 0.1) is 17.6 Å². The quantitative estimate of drug-likeness (QED) is 0.844. The van der Waals surface area contributed by atoms with Crippen LogP contribution in [0.3, 0.4) is 0 Å². The monoisotopic (exact) mass is 408 g/mol. The molecule has 0 bridgehead atoms. The van der Waals surface area contributed by atoms with E-state index in [1.807, 2.05) is 0 Å². The molecule has 6 nitrogen and oxygen atoms in total. The van der Waals surface area contributed by atoms with Crippen molar-refractivity contribution in [3.8, 4) is 11.5 Å². The van der Waals surface area contributed by atoms with Gasteiger partial charge in [0.1, 0.15) is 23.1 Å². The molecular formula is C19H15ClF2N2O4. The highest BCUT2D eigenvalue weighted by Crippen LogP contribution is 2.32. The first-order valence-corrected chi connectivity index (χ1v) is 8.92. The lowest BCUT2D eigenvalue weighted by Crippen LogP contribution is -2.52. The van der Waals surface area contributed by atoms with Crippen LogP contribution in [0.4, 0.5) is 14.5 Å². The third-order valence-electron chi connectivity index (χ3n) is 4.55. The van der Waals surface area contributed by atoms with Gasteiger partial charge in [-0.15, -0.1) is 0 Å². The third-order valence-corrected chi connectivity index (χ3v) is 4.84. The Morgan fingerprint density at radius 1 is 1.29 bits per heavy atom. The second-order valence-electron chi connectivity index (χ2n) is 6.63. The smallest absolute Gasteiger partial charge is 0.262 e. The van der Waals surface area contributed by atoms with Gasteiger partial charge in [-0.2, -0.15) is 0 Å². The number of ether oxygens (including phenoxy) is 2. The number of amides is 2. The fourth-order valence-electron chi connectivity index (χ4n) is 3.08. The number of hydrogen-bond acceptors (Lipinski definition) is 4. The average molecular weight is 409 g/mol. The molecular weight excluding hydrogens is 394 g/mol. The van der Waals surface area contributed by atoms with Crippen molar-refractivity contribution in [3.05, 3.63) is 52.6 Å². The van der Waals surface area contributed by atoms with Gasteiger partial charge in [-0.25, -0.2) is 8.78 Å². The molecule has 1 saturated heterocycles. The van der Waals surface area contributed by atoms with Gasteiger partial charge in [0.15, 0.2) is 6.61 Å². The molecule has 2 aliphatic heterocycles. The first-order valence-electron chi connectivity index (χ1n) is 8.54.